The Morgan fingerprint density at radius 2 is 1.91 bits per heavy atom. The fraction of sp³-hybridized carbons (Fsp3) is 0.182. The first kappa shape index (κ1) is 22.5. The van der Waals surface area contributed by atoms with Crippen molar-refractivity contribution in [2.24, 2.45) is 7.05 Å². The lowest BCUT2D eigenvalue weighted by molar-refractivity contribution is -0.141. The largest absolute Gasteiger partial charge is 0.488 e. The Hall–Kier alpha value is -3.66. The molecule has 0 spiro atoms. The summed E-state index contributed by atoms with van der Waals surface area (Å²) in [6.07, 6.45) is -1.44. The molecular formula is C22H16ClF3N4O3. The summed E-state index contributed by atoms with van der Waals surface area (Å²) in [5.74, 6) is 0.392. The summed E-state index contributed by atoms with van der Waals surface area (Å²) in [6.45, 7) is -0.0113. The molecule has 0 N–H and O–H groups in total. The molecule has 0 bridgehead atoms. The number of alkyl halides is 3. The molecule has 4 aromatic rings. The number of nitrogens with zero attached hydrogens (tertiary/aromatic N) is 4. The van der Waals surface area contributed by atoms with Crippen molar-refractivity contribution in [1.29, 1.82) is 0 Å². The van der Waals surface area contributed by atoms with Gasteiger partial charge in [-0.25, -0.2) is 9.78 Å². The minimum atomic E-state index is -4.71. The van der Waals surface area contributed by atoms with Crippen LogP contribution >= 0.6 is 11.6 Å². The molecule has 7 nitrogen and oxygen atoms in total. The molecule has 0 saturated carbocycles. The minimum Gasteiger partial charge on any atom is -0.488 e. The van der Waals surface area contributed by atoms with E-state index < -0.39 is 23.1 Å². The van der Waals surface area contributed by atoms with Crippen LogP contribution in [-0.2, 0) is 26.4 Å². The van der Waals surface area contributed by atoms with E-state index >= 15 is 0 Å². The maximum Gasteiger partial charge on any atom is 0.433 e. The van der Waals surface area contributed by atoms with E-state index in [1.54, 1.807) is 36.7 Å². The molecule has 1 aromatic carbocycles. The summed E-state index contributed by atoms with van der Waals surface area (Å²) in [4.78, 5) is 33.4. The van der Waals surface area contributed by atoms with Crippen molar-refractivity contribution in [2.75, 3.05) is 0 Å². The van der Waals surface area contributed by atoms with Crippen molar-refractivity contribution < 1.29 is 17.9 Å². The number of aryl methyl sites for hydroxylation is 1. The maximum atomic E-state index is 13.0. The van der Waals surface area contributed by atoms with E-state index in [1.807, 2.05) is 6.07 Å². The predicted octanol–water partition coefficient (Wildman–Crippen LogP) is 3.79. The third-order valence-electron chi connectivity index (χ3n) is 4.94. The lowest BCUT2D eigenvalue weighted by Crippen LogP contribution is -2.40. The number of pyridine rings is 2. The fourth-order valence-corrected chi connectivity index (χ4v) is 3.49. The highest BCUT2D eigenvalue weighted by Gasteiger charge is 2.33. The molecule has 4 rings (SSSR count). The summed E-state index contributed by atoms with van der Waals surface area (Å²) >= 11 is 6.11. The van der Waals surface area contributed by atoms with Gasteiger partial charge in [0, 0.05) is 35.6 Å². The van der Waals surface area contributed by atoms with Crippen LogP contribution in [0.5, 0.6) is 5.75 Å². The summed E-state index contributed by atoms with van der Waals surface area (Å²) in [5, 5.41) is 0.242. The molecule has 0 aliphatic carbocycles. The number of aromatic nitrogens is 4. The van der Waals surface area contributed by atoms with Crippen molar-refractivity contribution in [2.45, 2.75) is 19.3 Å². The average molecular weight is 477 g/mol. The number of hydrogen-bond acceptors (Lipinski definition) is 5. The van der Waals surface area contributed by atoms with E-state index in [1.165, 1.54) is 7.05 Å². The van der Waals surface area contributed by atoms with Crippen molar-refractivity contribution >= 4 is 22.6 Å². The molecule has 11 heteroatoms. The highest BCUT2D eigenvalue weighted by Crippen LogP contribution is 2.28. The van der Waals surface area contributed by atoms with Crippen LogP contribution in [0, 0.1) is 0 Å². The maximum absolute atomic E-state index is 13.0. The summed E-state index contributed by atoms with van der Waals surface area (Å²) in [6, 6.07) is 10.1. The molecule has 0 saturated heterocycles. The van der Waals surface area contributed by atoms with Gasteiger partial charge in [0.1, 0.15) is 23.7 Å². The number of ether oxygens (including phenoxy) is 1. The van der Waals surface area contributed by atoms with E-state index in [9.17, 15) is 22.8 Å². The first-order chi connectivity index (χ1) is 15.6. The Bertz CT molecular complexity index is 1450. The molecule has 170 valence electrons. The molecule has 0 amide bonds. The summed E-state index contributed by atoms with van der Waals surface area (Å²) in [7, 11) is 1.26. The first-order valence-electron chi connectivity index (χ1n) is 9.63. The second-order valence-corrected chi connectivity index (χ2v) is 7.64. The van der Waals surface area contributed by atoms with Gasteiger partial charge in [0.15, 0.2) is 0 Å². The highest BCUT2D eigenvalue weighted by molar-refractivity contribution is 6.30. The number of benzene rings is 1. The van der Waals surface area contributed by atoms with Gasteiger partial charge in [0.2, 0.25) is 0 Å². The van der Waals surface area contributed by atoms with Crippen LogP contribution in [0.25, 0.3) is 11.0 Å². The van der Waals surface area contributed by atoms with E-state index in [4.69, 9.17) is 16.3 Å². The average Bonchev–Trinajstić information content (AvgIpc) is 2.79. The van der Waals surface area contributed by atoms with Gasteiger partial charge in [-0.2, -0.15) is 13.2 Å². The molecule has 0 unspecified atom stereocenters. The zero-order chi connectivity index (χ0) is 23.8. The van der Waals surface area contributed by atoms with Gasteiger partial charge in [-0.15, -0.1) is 0 Å². The van der Waals surface area contributed by atoms with E-state index in [2.05, 4.69) is 9.97 Å². The minimum absolute atomic E-state index is 0.120. The van der Waals surface area contributed by atoms with Gasteiger partial charge < -0.3 is 4.74 Å². The molecule has 0 radical (unpaired) electrons. The SMILES string of the molecule is Cn1c(=O)n(Cc2cc(Cl)ccc2OCc2cccnc2)c(=O)c2ccc(C(F)(F)F)nc21. The number of rotatable bonds is 5. The van der Waals surface area contributed by atoms with Crippen LogP contribution in [0.4, 0.5) is 13.2 Å². The monoisotopic (exact) mass is 476 g/mol. The van der Waals surface area contributed by atoms with Gasteiger partial charge in [0.25, 0.3) is 5.56 Å². The standard InChI is InChI=1S/C22H16ClF3N4O3/c1-29-19-16(5-7-18(28-19)22(24,25)26)20(31)30(21(29)32)11-14-9-15(23)4-6-17(14)33-12-13-3-2-8-27-10-13/h2-10H,11-12H2,1H3. The second-order valence-electron chi connectivity index (χ2n) is 7.20. The van der Waals surface area contributed by atoms with Gasteiger partial charge in [-0.05, 0) is 36.4 Å². The van der Waals surface area contributed by atoms with Crippen LogP contribution in [0.1, 0.15) is 16.8 Å². The molecule has 33 heavy (non-hydrogen) atoms. The van der Waals surface area contributed by atoms with E-state index in [-0.39, 0.29) is 24.2 Å². The van der Waals surface area contributed by atoms with Crippen LogP contribution in [-0.4, -0.2) is 19.1 Å². The lowest BCUT2D eigenvalue weighted by Gasteiger charge is -2.15. The van der Waals surface area contributed by atoms with Crippen LogP contribution in [0.2, 0.25) is 5.02 Å². The van der Waals surface area contributed by atoms with Crippen LogP contribution < -0.4 is 16.0 Å². The third-order valence-corrected chi connectivity index (χ3v) is 5.18. The van der Waals surface area contributed by atoms with Crippen molar-refractivity contribution in [3.8, 4) is 5.75 Å². The Kier molecular flexibility index (Phi) is 5.94. The molecule has 3 heterocycles. The first-order valence-corrected chi connectivity index (χ1v) is 10.0. The van der Waals surface area contributed by atoms with Crippen LogP contribution in [0.3, 0.4) is 0 Å². The zero-order valence-corrected chi connectivity index (χ0v) is 17.9. The molecule has 0 atom stereocenters. The number of fused-ring (bicyclic) bond motifs is 1. The fourth-order valence-electron chi connectivity index (χ4n) is 3.30. The molecule has 0 aliphatic heterocycles. The molecular weight excluding hydrogens is 461 g/mol. The Morgan fingerprint density at radius 3 is 2.61 bits per heavy atom. The summed E-state index contributed by atoms with van der Waals surface area (Å²) < 4.78 is 46.7. The number of halogens is 4. The van der Waals surface area contributed by atoms with Gasteiger partial charge in [-0.1, -0.05) is 17.7 Å². The second kappa shape index (κ2) is 8.70. The van der Waals surface area contributed by atoms with Crippen LogP contribution in [0.15, 0.2) is 64.4 Å². The lowest BCUT2D eigenvalue weighted by atomic mass is 10.2. The Balaban J connectivity index is 1.76. The van der Waals surface area contributed by atoms with Crippen molar-refractivity contribution in [3.05, 3.63) is 97.5 Å². The highest BCUT2D eigenvalue weighted by atomic mass is 35.5. The van der Waals surface area contributed by atoms with E-state index in [0.717, 1.165) is 20.8 Å². The number of hydrogen-bond donors (Lipinski definition) is 0. The van der Waals surface area contributed by atoms with Crippen molar-refractivity contribution in [1.82, 2.24) is 19.1 Å². The van der Waals surface area contributed by atoms with Gasteiger partial charge >= 0.3 is 11.9 Å². The molecule has 3 aromatic heterocycles. The summed E-state index contributed by atoms with van der Waals surface area (Å²) in [5.41, 5.74) is -1.88. The third kappa shape index (κ3) is 4.61. The van der Waals surface area contributed by atoms with Crippen molar-refractivity contribution in [3.63, 3.8) is 0 Å². The smallest absolute Gasteiger partial charge is 0.433 e. The van der Waals surface area contributed by atoms with Gasteiger partial charge in [0.05, 0.1) is 11.9 Å². The normalized spacial score (nSPS) is 11.7. The Labute approximate surface area is 189 Å². The topological polar surface area (TPSA) is 79.0 Å². The van der Waals surface area contributed by atoms with Gasteiger partial charge in [-0.3, -0.25) is 18.9 Å². The predicted molar refractivity (Wildman–Crippen MR) is 115 cm³/mol. The molecule has 0 fully saturated rings. The quantitative estimate of drug-likeness (QED) is 0.438. The zero-order valence-electron chi connectivity index (χ0n) is 17.1. The van der Waals surface area contributed by atoms with E-state index in [0.29, 0.717) is 22.4 Å². The molecule has 0 aliphatic rings. The Morgan fingerprint density at radius 1 is 1.12 bits per heavy atom.